The molecule has 0 radical (unpaired) electrons. The topological polar surface area (TPSA) is 47.1 Å². The molecule has 0 spiro atoms. The first-order chi connectivity index (χ1) is 10.3. The van der Waals surface area contributed by atoms with Gasteiger partial charge in [0.25, 0.3) is 0 Å². The molecule has 1 saturated heterocycles. The average molecular weight is 286 g/mol. The number of hydrogen-bond acceptors (Lipinski definition) is 3. The minimum Gasteiger partial charge on any atom is -0.397 e. The summed E-state index contributed by atoms with van der Waals surface area (Å²) in [6.07, 6.45) is 6.22. The molecule has 4 heteroatoms. The van der Waals surface area contributed by atoms with Gasteiger partial charge in [-0.15, -0.1) is 0 Å². The number of rotatable bonds is 5. The van der Waals surface area contributed by atoms with E-state index in [2.05, 4.69) is 22.5 Å². The van der Waals surface area contributed by atoms with Gasteiger partial charge in [-0.3, -0.25) is 0 Å². The number of benzene rings is 1. The molecule has 4 nitrogen and oxygen atoms in total. The third kappa shape index (κ3) is 3.05. The molecule has 1 aliphatic rings. The lowest BCUT2D eigenvalue weighted by Gasteiger charge is -2.26. The van der Waals surface area contributed by atoms with Crippen molar-refractivity contribution in [3.05, 3.63) is 24.0 Å². The van der Waals surface area contributed by atoms with Crippen molar-refractivity contribution in [2.24, 2.45) is 0 Å². The summed E-state index contributed by atoms with van der Waals surface area (Å²) in [4.78, 5) is 7.37. The van der Waals surface area contributed by atoms with Gasteiger partial charge in [-0.05, 0) is 44.5 Å². The first kappa shape index (κ1) is 14.4. The summed E-state index contributed by atoms with van der Waals surface area (Å²) in [5, 5.41) is 0. The summed E-state index contributed by atoms with van der Waals surface area (Å²) in [7, 11) is 0. The Labute approximate surface area is 126 Å². The number of nitrogen functional groups attached to an aromatic ring is 1. The van der Waals surface area contributed by atoms with E-state index < -0.39 is 0 Å². The Morgan fingerprint density at radius 2 is 1.95 bits per heavy atom. The maximum atomic E-state index is 6.09. The fraction of sp³-hybridized carbons (Fsp3) is 0.588. The number of hydrogen-bond donors (Lipinski definition) is 1. The van der Waals surface area contributed by atoms with Crippen LogP contribution in [0.25, 0.3) is 11.0 Å². The van der Waals surface area contributed by atoms with Gasteiger partial charge >= 0.3 is 0 Å². The number of fused-ring (bicyclic) bond motifs is 1. The molecular formula is C17H26N4. The van der Waals surface area contributed by atoms with E-state index >= 15 is 0 Å². The van der Waals surface area contributed by atoms with Gasteiger partial charge in [0.1, 0.15) is 11.3 Å². The Hall–Kier alpha value is -1.55. The van der Waals surface area contributed by atoms with Crippen molar-refractivity contribution >= 4 is 16.7 Å². The molecule has 1 aromatic heterocycles. The Kier molecular flexibility index (Phi) is 4.44. The second-order valence-electron chi connectivity index (χ2n) is 6.05. The van der Waals surface area contributed by atoms with Crippen molar-refractivity contribution in [1.82, 2.24) is 14.5 Å². The molecule has 0 aliphatic carbocycles. The molecule has 0 amide bonds. The zero-order valence-electron chi connectivity index (χ0n) is 13.0. The molecular weight excluding hydrogens is 260 g/mol. The zero-order chi connectivity index (χ0) is 14.7. The predicted octanol–water partition coefficient (Wildman–Crippen LogP) is 3.06. The van der Waals surface area contributed by atoms with E-state index in [1.54, 1.807) is 0 Å². The highest BCUT2D eigenvalue weighted by Crippen LogP contribution is 2.23. The van der Waals surface area contributed by atoms with Crippen molar-refractivity contribution in [2.45, 2.75) is 45.6 Å². The average Bonchev–Trinajstić information content (AvgIpc) is 2.86. The number of nitrogens with zero attached hydrogens (tertiary/aromatic N) is 3. The van der Waals surface area contributed by atoms with E-state index in [4.69, 9.17) is 10.7 Å². The van der Waals surface area contributed by atoms with E-state index in [-0.39, 0.29) is 0 Å². The highest BCUT2D eigenvalue weighted by atomic mass is 15.2. The summed E-state index contributed by atoms with van der Waals surface area (Å²) < 4.78 is 2.38. The van der Waals surface area contributed by atoms with Crippen LogP contribution >= 0.6 is 0 Å². The SMILES string of the molecule is CCCc1nc2c(N)cccc2n1CCN1CCCCC1. The van der Waals surface area contributed by atoms with Gasteiger partial charge in [-0.25, -0.2) is 4.98 Å². The quantitative estimate of drug-likeness (QED) is 0.859. The van der Waals surface area contributed by atoms with Crippen LogP contribution in [0.1, 0.15) is 38.4 Å². The van der Waals surface area contributed by atoms with Crippen molar-refractivity contribution in [1.29, 1.82) is 0 Å². The van der Waals surface area contributed by atoms with E-state index in [0.717, 1.165) is 37.1 Å². The molecule has 3 rings (SSSR count). The van der Waals surface area contributed by atoms with Gasteiger partial charge < -0.3 is 15.2 Å². The van der Waals surface area contributed by atoms with Gasteiger partial charge in [0.15, 0.2) is 0 Å². The Bertz CT molecular complexity index is 596. The Morgan fingerprint density at radius 1 is 1.14 bits per heavy atom. The Balaban J connectivity index is 1.84. The molecule has 1 aliphatic heterocycles. The molecule has 2 aromatic rings. The fourth-order valence-corrected chi connectivity index (χ4v) is 3.31. The maximum Gasteiger partial charge on any atom is 0.112 e. The van der Waals surface area contributed by atoms with Crippen LogP contribution < -0.4 is 5.73 Å². The first-order valence-corrected chi connectivity index (χ1v) is 8.25. The van der Waals surface area contributed by atoms with Gasteiger partial charge in [-0.1, -0.05) is 19.4 Å². The largest absolute Gasteiger partial charge is 0.397 e. The maximum absolute atomic E-state index is 6.09. The van der Waals surface area contributed by atoms with Crippen LogP contribution in [-0.4, -0.2) is 34.1 Å². The lowest BCUT2D eigenvalue weighted by atomic mass is 10.1. The van der Waals surface area contributed by atoms with E-state index in [1.165, 1.54) is 43.7 Å². The molecule has 2 heterocycles. The molecule has 21 heavy (non-hydrogen) atoms. The minimum atomic E-state index is 0.793. The molecule has 2 N–H and O–H groups in total. The highest BCUT2D eigenvalue weighted by molar-refractivity contribution is 5.87. The van der Waals surface area contributed by atoms with Crippen LogP contribution in [0.15, 0.2) is 18.2 Å². The summed E-state index contributed by atoms with van der Waals surface area (Å²) in [6, 6.07) is 6.13. The van der Waals surface area contributed by atoms with Crippen LogP contribution in [-0.2, 0) is 13.0 Å². The zero-order valence-corrected chi connectivity index (χ0v) is 13.0. The number of imidazole rings is 1. The van der Waals surface area contributed by atoms with E-state index in [1.807, 2.05) is 12.1 Å². The predicted molar refractivity (Wildman–Crippen MR) is 88.4 cm³/mol. The van der Waals surface area contributed by atoms with Crippen LogP contribution in [0.4, 0.5) is 5.69 Å². The molecule has 0 saturated carbocycles. The van der Waals surface area contributed by atoms with E-state index in [9.17, 15) is 0 Å². The number of nitrogens with two attached hydrogens (primary N) is 1. The van der Waals surface area contributed by atoms with Gasteiger partial charge in [-0.2, -0.15) is 0 Å². The normalized spacial score (nSPS) is 16.6. The van der Waals surface area contributed by atoms with Crippen molar-refractivity contribution < 1.29 is 0 Å². The van der Waals surface area contributed by atoms with Crippen molar-refractivity contribution in [3.63, 3.8) is 0 Å². The first-order valence-electron chi connectivity index (χ1n) is 8.25. The number of likely N-dealkylation sites (tertiary alicyclic amines) is 1. The van der Waals surface area contributed by atoms with Crippen LogP contribution in [0.3, 0.4) is 0 Å². The number of piperidine rings is 1. The van der Waals surface area contributed by atoms with Gasteiger partial charge in [0, 0.05) is 19.5 Å². The molecule has 114 valence electrons. The number of aryl methyl sites for hydroxylation is 1. The second kappa shape index (κ2) is 6.48. The molecule has 0 atom stereocenters. The van der Waals surface area contributed by atoms with Crippen LogP contribution in [0.5, 0.6) is 0 Å². The highest BCUT2D eigenvalue weighted by Gasteiger charge is 2.14. The second-order valence-corrected chi connectivity index (χ2v) is 6.05. The lowest BCUT2D eigenvalue weighted by Crippen LogP contribution is -2.32. The molecule has 0 bridgehead atoms. The van der Waals surface area contributed by atoms with Crippen LogP contribution in [0, 0.1) is 0 Å². The monoisotopic (exact) mass is 286 g/mol. The standard InChI is InChI=1S/C17H26N4/c1-2-7-16-19-17-14(18)8-6-9-15(17)21(16)13-12-20-10-4-3-5-11-20/h6,8-9H,2-5,7,10-13,18H2,1H3. The van der Waals surface area contributed by atoms with Crippen molar-refractivity contribution in [2.75, 3.05) is 25.4 Å². The number of aromatic nitrogens is 2. The minimum absolute atomic E-state index is 0.793. The smallest absolute Gasteiger partial charge is 0.112 e. The van der Waals surface area contributed by atoms with Gasteiger partial charge in [0.2, 0.25) is 0 Å². The Morgan fingerprint density at radius 3 is 2.71 bits per heavy atom. The summed E-state index contributed by atoms with van der Waals surface area (Å²) in [5.74, 6) is 1.18. The molecule has 1 fully saturated rings. The number of anilines is 1. The molecule has 0 unspecified atom stereocenters. The van der Waals surface area contributed by atoms with Crippen molar-refractivity contribution in [3.8, 4) is 0 Å². The summed E-state index contributed by atoms with van der Waals surface area (Å²) >= 11 is 0. The summed E-state index contributed by atoms with van der Waals surface area (Å²) in [6.45, 7) is 6.85. The number of para-hydroxylation sites is 1. The van der Waals surface area contributed by atoms with E-state index in [0.29, 0.717) is 0 Å². The lowest BCUT2D eigenvalue weighted by molar-refractivity contribution is 0.221. The third-order valence-electron chi connectivity index (χ3n) is 4.45. The fourth-order valence-electron chi connectivity index (χ4n) is 3.31. The third-order valence-corrected chi connectivity index (χ3v) is 4.45. The molecule has 1 aromatic carbocycles. The summed E-state index contributed by atoms with van der Waals surface area (Å²) in [5.41, 5.74) is 9.04. The van der Waals surface area contributed by atoms with Crippen LogP contribution in [0.2, 0.25) is 0 Å². The van der Waals surface area contributed by atoms with Gasteiger partial charge in [0.05, 0.1) is 11.2 Å².